The first-order chi connectivity index (χ1) is 16.6. The third-order valence-corrected chi connectivity index (χ3v) is 6.54. The topological polar surface area (TPSA) is 57.7 Å². The number of nitrogens with zero attached hydrogens (tertiary/aromatic N) is 1. The average Bonchev–Trinajstić information content (AvgIpc) is 3.30. The zero-order chi connectivity index (χ0) is 25.6. The van der Waals surface area contributed by atoms with Gasteiger partial charge in [0, 0.05) is 24.8 Å². The highest BCUT2D eigenvalue weighted by Crippen LogP contribution is 2.34. The van der Waals surface area contributed by atoms with Crippen LogP contribution < -0.4 is 4.74 Å². The number of alkyl halides is 3. The standard InChI is InChI=1S/C26H28F3NO4S/c1-5-32-22(25(31)33-6-2)14-19-9-12-21(13-16(19)3)34-17(4)23-15-30-24(35-23)18-7-10-20(11-8-18)26(27,28)29/h7-13,15,17,22H,5-6,14H2,1-4H3. The lowest BCUT2D eigenvalue weighted by Gasteiger charge is -2.18. The summed E-state index contributed by atoms with van der Waals surface area (Å²) < 4.78 is 55.2. The van der Waals surface area contributed by atoms with Crippen LogP contribution in [0.2, 0.25) is 0 Å². The number of halogens is 3. The van der Waals surface area contributed by atoms with Crippen LogP contribution in [-0.4, -0.2) is 30.3 Å². The molecule has 0 fully saturated rings. The molecule has 3 aromatic rings. The third kappa shape index (κ3) is 7.05. The maximum absolute atomic E-state index is 12.8. The zero-order valence-electron chi connectivity index (χ0n) is 20.0. The van der Waals surface area contributed by atoms with Gasteiger partial charge in [-0.1, -0.05) is 18.2 Å². The van der Waals surface area contributed by atoms with Gasteiger partial charge in [-0.25, -0.2) is 9.78 Å². The van der Waals surface area contributed by atoms with Gasteiger partial charge in [-0.15, -0.1) is 11.3 Å². The molecule has 1 heterocycles. The summed E-state index contributed by atoms with van der Waals surface area (Å²) in [4.78, 5) is 17.4. The summed E-state index contributed by atoms with van der Waals surface area (Å²) in [5.74, 6) is 0.282. The maximum Gasteiger partial charge on any atom is 0.416 e. The molecule has 0 amide bonds. The highest BCUT2D eigenvalue weighted by molar-refractivity contribution is 7.15. The van der Waals surface area contributed by atoms with E-state index < -0.39 is 17.8 Å². The Labute approximate surface area is 206 Å². The Bertz CT molecular complexity index is 1130. The highest BCUT2D eigenvalue weighted by Gasteiger charge is 2.30. The van der Waals surface area contributed by atoms with Crippen molar-refractivity contribution in [3.8, 4) is 16.3 Å². The number of carbonyl (C=O) groups excluding carboxylic acids is 1. The fraction of sp³-hybridized carbons (Fsp3) is 0.385. The Morgan fingerprint density at radius 2 is 1.80 bits per heavy atom. The van der Waals surface area contributed by atoms with Crippen molar-refractivity contribution in [1.29, 1.82) is 0 Å². The number of ether oxygens (including phenoxy) is 3. The lowest BCUT2D eigenvalue weighted by Crippen LogP contribution is -2.29. The van der Waals surface area contributed by atoms with E-state index in [1.54, 1.807) is 13.1 Å². The molecule has 5 nitrogen and oxygen atoms in total. The number of esters is 1. The van der Waals surface area contributed by atoms with E-state index in [0.717, 1.165) is 28.1 Å². The summed E-state index contributed by atoms with van der Waals surface area (Å²) in [7, 11) is 0. The number of hydrogen-bond donors (Lipinski definition) is 0. The maximum atomic E-state index is 12.8. The fourth-order valence-electron chi connectivity index (χ4n) is 3.49. The summed E-state index contributed by atoms with van der Waals surface area (Å²) in [6.45, 7) is 8.12. The second-order valence-electron chi connectivity index (χ2n) is 7.89. The van der Waals surface area contributed by atoms with Crippen molar-refractivity contribution in [3.05, 3.63) is 70.2 Å². The van der Waals surface area contributed by atoms with Crippen molar-refractivity contribution in [2.24, 2.45) is 0 Å². The van der Waals surface area contributed by atoms with Gasteiger partial charge in [-0.05, 0) is 63.1 Å². The third-order valence-electron chi connectivity index (χ3n) is 5.33. The molecule has 0 aliphatic rings. The Morgan fingerprint density at radius 3 is 2.40 bits per heavy atom. The SMILES string of the molecule is CCOC(=O)C(Cc1ccc(OC(C)c2cnc(-c3ccc(C(F)(F)F)cc3)s2)cc1C)OCC. The number of benzene rings is 2. The smallest absolute Gasteiger partial charge is 0.416 e. The molecule has 0 N–H and O–H groups in total. The molecule has 2 atom stereocenters. The minimum Gasteiger partial charge on any atom is -0.485 e. The van der Waals surface area contributed by atoms with Crippen LogP contribution in [0.15, 0.2) is 48.7 Å². The number of rotatable bonds is 10. The normalized spacial score (nSPS) is 13.3. The summed E-state index contributed by atoms with van der Waals surface area (Å²) in [6, 6.07) is 10.6. The second kappa shape index (κ2) is 11.7. The summed E-state index contributed by atoms with van der Waals surface area (Å²) in [6.07, 6.45) is -3.26. The molecular formula is C26H28F3NO4S. The van der Waals surface area contributed by atoms with Gasteiger partial charge in [-0.3, -0.25) is 0 Å². The van der Waals surface area contributed by atoms with Crippen molar-refractivity contribution in [1.82, 2.24) is 4.98 Å². The molecule has 0 radical (unpaired) electrons. The number of aryl methyl sites for hydroxylation is 1. The van der Waals surface area contributed by atoms with E-state index in [1.807, 2.05) is 39.0 Å². The number of carbonyl (C=O) groups is 1. The van der Waals surface area contributed by atoms with Gasteiger partial charge in [-0.2, -0.15) is 13.2 Å². The molecule has 0 saturated heterocycles. The Balaban J connectivity index is 1.67. The molecule has 1 aromatic heterocycles. The molecule has 2 aromatic carbocycles. The van der Waals surface area contributed by atoms with Gasteiger partial charge in [0.1, 0.15) is 16.9 Å². The van der Waals surface area contributed by atoms with Gasteiger partial charge in [0.25, 0.3) is 0 Å². The Morgan fingerprint density at radius 1 is 1.09 bits per heavy atom. The predicted molar refractivity (Wildman–Crippen MR) is 129 cm³/mol. The molecule has 0 spiro atoms. The van der Waals surface area contributed by atoms with Crippen molar-refractivity contribution in [2.75, 3.05) is 13.2 Å². The van der Waals surface area contributed by atoms with Crippen molar-refractivity contribution >= 4 is 17.3 Å². The number of aromatic nitrogens is 1. The van der Waals surface area contributed by atoms with Gasteiger partial charge >= 0.3 is 12.1 Å². The first kappa shape index (κ1) is 26.7. The summed E-state index contributed by atoms with van der Waals surface area (Å²) >= 11 is 1.37. The van der Waals surface area contributed by atoms with E-state index >= 15 is 0 Å². The second-order valence-corrected chi connectivity index (χ2v) is 8.95. The van der Waals surface area contributed by atoms with Gasteiger partial charge in [0.15, 0.2) is 6.10 Å². The molecule has 9 heteroatoms. The summed E-state index contributed by atoms with van der Waals surface area (Å²) in [5.41, 5.74) is 1.84. The Kier molecular flexibility index (Phi) is 8.91. The summed E-state index contributed by atoms with van der Waals surface area (Å²) in [5, 5.41) is 0.622. The van der Waals surface area contributed by atoms with Gasteiger partial charge in [0.05, 0.1) is 17.0 Å². The van der Waals surface area contributed by atoms with E-state index in [-0.39, 0.29) is 12.1 Å². The quantitative estimate of drug-likeness (QED) is 0.283. The van der Waals surface area contributed by atoms with Crippen LogP contribution in [0.25, 0.3) is 10.6 Å². The van der Waals surface area contributed by atoms with Crippen LogP contribution in [0.4, 0.5) is 13.2 Å². The van der Waals surface area contributed by atoms with Crippen LogP contribution >= 0.6 is 11.3 Å². The van der Waals surface area contributed by atoms with E-state index in [9.17, 15) is 18.0 Å². The monoisotopic (exact) mass is 507 g/mol. The molecule has 2 unspecified atom stereocenters. The van der Waals surface area contributed by atoms with Gasteiger partial charge < -0.3 is 14.2 Å². The number of hydrogen-bond acceptors (Lipinski definition) is 6. The molecule has 188 valence electrons. The first-order valence-electron chi connectivity index (χ1n) is 11.3. The average molecular weight is 508 g/mol. The largest absolute Gasteiger partial charge is 0.485 e. The van der Waals surface area contributed by atoms with Crippen LogP contribution in [0, 0.1) is 6.92 Å². The van der Waals surface area contributed by atoms with E-state index in [2.05, 4.69) is 4.98 Å². The van der Waals surface area contributed by atoms with Gasteiger partial charge in [0.2, 0.25) is 0 Å². The van der Waals surface area contributed by atoms with E-state index in [4.69, 9.17) is 14.2 Å². The van der Waals surface area contributed by atoms with Crippen LogP contribution in [0.3, 0.4) is 0 Å². The molecule has 3 rings (SSSR count). The molecule has 0 aliphatic carbocycles. The van der Waals surface area contributed by atoms with Crippen molar-refractivity contribution in [2.45, 2.75) is 52.5 Å². The highest BCUT2D eigenvalue weighted by atomic mass is 32.1. The fourth-order valence-corrected chi connectivity index (χ4v) is 4.39. The minimum absolute atomic E-state index is 0.296. The molecule has 35 heavy (non-hydrogen) atoms. The number of thiazole rings is 1. The van der Waals surface area contributed by atoms with E-state index in [0.29, 0.717) is 36.0 Å². The van der Waals surface area contributed by atoms with Crippen LogP contribution in [0.5, 0.6) is 5.75 Å². The minimum atomic E-state index is -4.37. The molecule has 0 saturated carbocycles. The first-order valence-corrected chi connectivity index (χ1v) is 12.1. The van der Waals surface area contributed by atoms with Crippen LogP contribution in [0.1, 0.15) is 48.4 Å². The molecular weight excluding hydrogens is 479 g/mol. The predicted octanol–water partition coefficient (Wildman–Crippen LogP) is 6.79. The zero-order valence-corrected chi connectivity index (χ0v) is 20.8. The Hall–Kier alpha value is -2.91. The van der Waals surface area contributed by atoms with Crippen LogP contribution in [-0.2, 0) is 26.9 Å². The lowest BCUT2D eigenvalue weighted by molar-refractivity contribution is -0.156. The molecule has 0 bridgehead atoms. The van der Waals surface area contributed by atoms with E-state index in [1.165, 1.54) is 23.5 Å². The lowest BCUT2D eigenvalue weighted by atomic mass is 10.0. The molecule has 0 aliphatic heterocycles. The van der Waals surface area contributed by atoms with Crippen molar-refractivity contribution < 1.29 is 32.2 Å². The van der Waals surface area contributed by atoms with Crippen molar-refractivity contribution in [3.63, 3.8) is 0 Å².